The van der Waals surface area contributed by atoms with Gasteiger partial charge in [0.15, 0.2) is 5.17 Å². The van der Waals surface area contributed by atoms with E-state index in [1.54, 1.807) is 12.4 Å². The maximum absolute atomic E-state index is 12.0. The normalized spacial score (nSPS) is 28.1. The lowest BCUT2D eigenvalue weighted by molar-refractivity contribution is -0.113. The molecule has 0 radical (unpaired) electrons. The summed E-state index contributed by atoms with van der Waals surface area (Å²) < 4.78 is 5.71. The fraction of sp³-hybridized carbons (Fsp3) is 0.400. The number of hydrogen-bond donors (Lipinski definition) is 0. The quantitative estimate of drug-likeness (QED) is 0.744. The maximum Gasteiger partial charge on any atom is 0.286 e. The molecule has 1 saturated heterocycles. The van der Waals surface area contributed by atoms with Crippen molar-refractivity contribution < 1.29 is 9.53 Å². The fourth-order valence-corrected chi connectivity index (χ4v) is 3.41. The third-order valence-corrected chi connectivity index (χ3v) is 4.35. The SMILES string of the molecule is CC1CN(C2=NC(=O)C(=Cc3ccncc3)S2)CC(C)O1. The molecule has 0 bridgehead atoms. The lowest BCUT2D eigenvalue weighted by Gasteiger charge is -2.35. The summed E-state index contributed by atoms with van der Waals surface area (Å²) in [5.41, 5.74) is 0.959. The first-order valence-corrected chi connectivity index (χ1v) is 7.76. The minimum absolute atomic E-state index is 0.153. The summed E-state index contributed by atoms with van der Waals surface area (Å²) in [4.78, 5) is 23.0. The molecule has 2 unspecified atom stereocenters. The minimum Gasteiger partial charge on any atom is -0.372 e. The van der Waals surface area contributed by atoms with Gasteiger partial charge in [-0.1, -0.05) is 0 Å². The molecule has 6 heteroatoms. The molecular weight excluding hydrogens is 286 g/mol. The second-order valence-corrected chi connectivity index (χ2v) is 6.26. The van der Waals surface area contributed by atoms with E-state index in [9.17, 15) is 4.79 Å². The molecule has 0 saturated carbocycles. The molecular formula is C15H17N3O2S. The van der Waals surface area contributed by atoms with E-state index in [1.165, 1.54) is 11.8 Å². The average molecular weight is 303 g/mol. The van der Waals surface area contributed by atoms with Crippen LogP contribution in [0.2, 0.25) is 0 Å². The molecule has 2 aliphatic rings. The smallest absolute Gasteiger partial charge is 0.286 e. The predicted molar refractivity (Wildman–Crippen MR) is 83.8 cm³/mol. The number of pyridine rings is 1. The molecule has 1 aromatic heterocycles. The zero-order chi connectivity index (χ0) is 14.8. The standard InChI is InChI=1S/C15H17N3O2S/c1-10-8-18(9-11(2)20-10)15-17-14(19)13(21-15)7-12-3-5-16-6-4-12/h3-7,10-11H,8-9H2,1-2H3. The number of morpholine rings is 1. The monoisotopic (exact) mass is 303 g/mol. The Morgan fingerprint density at radius 1 is 1.29 bits per heavy atom. The second kappa shape index (κ2) is 5.99. The van der Waals surface area contributed by atoms with Crippen molar-refractivity contribution >= 4 is 28.9 Å². The Morgan fingerprint density at radius 3 is 2.62 bits per heavy atom. The summed E-state index contributed by atoms with van der Waals surface area (Å²) in [5.74, 6) is -0.168. The molecule has 21 heavy (non-hydrogen) atoms. The van der Waals surface area contributed by atoms with Crippen LogP contribution in [0.15, 0.2) is 34.4 Å². The maximum atomic E-state index is 12.0. The van der Waals surface area contributed by atoms with E-state index in [2.05, 4.69) is 14.9 Å². The molecule has 110 valence electrons. The van der Waals surface area contributed by atoms with E-state index in [0.717, 1.165) is 23.8 Å². The van der Waals surface area contributed by atoms with Crippen molar-refractivity contribution in [1.29, 1.82) is 0 Å². The van der Waals surface area contributed by atoms with Crippen LogP contribution in [0.3, 0.4) is 0 Å². The lowest BCUT2D eigenvalue weighted by Crippen LogP contribution is -2.47. The van der Waals surface area contributed by atoms with Gasteiger partial charge < -0.3 is 9.64 Å². The summed E-state index contributed by atoms with van der Waals surface area (Å²) in [6, 6.07) is 3.75. The Labute approximate surface area is 128 Å². The van der Waals surface area contributed by atoms with Crippen LogP contribution in [-0.2, 0) is 9.53 Å². The van der Waals surface area contributed by atoms with Crippen LogP contribution in [0.25, 0.3) is 6.08 Å². The predicted octanol–water partition coefficient (Wildman–Crippen LogP) is 2.16. The summed E-state index contributed by atoms with van der Waals surface area (Å²) in [6.45, 7) is 5.62. The van der Waals surface area contributed by atoms with Gasteiger partial charge in [-0.15, -0.1) is 0 Å². The van der Waals surface area contributed by atoms with Gasteiger partial charge in [-0.05, 0) is 49.4 Å². The highest BCUT2D eigenvalue weighted by Crippen LogP contribution is 2.31. The Morgan fingerprint density at radius 2 is 1.95 bits per heavy atom. The number of carbonyl (C=O) groups is 1. The number of thioether (sulfide) groups is 1. The van der Waals surface area contributed by atoms with Gasteiger partial charge in [0.25, 0.3) is 5.91 Å². The number of aliphatic imine (C=N–C) groups is 1. The number of amidine groups is 1. The molecule has 1 amide bonds. The Hall–Kier alpha value is -1.66. The van der Waals surface area contributed by atoms with Crippen LogP contribution in [-0.4, -0.2) is 46.3 Å². The van der Waals surface area contributed by atoms with Crippen LogP contribution in [0.4, 0.5) is 0 Å². The summed E-state index contributed by atoms with van der Waals surface area (Å²) in [7, 11) is 0. The van der Waals surface area contributed by atoms with Crippen LogP contribution in [0, 0.1) is 0 Å². The van der Waals surface area contributed by atoms with E-state index in [0.29, 0.717) is 4.91 Å². The third-order valence-electron chi connectivity index (χ3n) is 3.30. The molecule has 0 aromatic carbocycles. The lowest BCUT2D eigenvalue weighted by atomic mass is 10.2. The van der Waals surface area contributed by atoms with Crippen LogP contribution < -0.4 is 0 Å². The van der Waals surface area contributed by atoms with Crippen molar-refractivity contribution in [3.63, 3.8) is 0 Å². The molecule has 3 heterocycles. The minimum atomic E-state index is -0.168. The molecule has 2 atom stereocenters. The van der Waals surface area contributed by atoms with Gasteiger partial charge in [0.2, 0.25) is 0 Å². The Kier molecular flexibility index (Phi) is 4.07. The van der Waals surface area contributed by atoms with Gasteiger partial charge in [0.05, 0.1) is 17.1 Å². The van der Waals surface area contributed by atoms with Crippen molar-refractivity contribution in [3.05, 3.63) is 35.0 Å². The Bertz CT molecular complexity index is 590. The van der Waals surface area contributed by atoms with Crippen molar-refractivity contribution in [1.82, 2.24) is 9.88 Å². The fourth-order valence-electron chi connectivity index (χ4n) is 2.48. The first-order valence-electron chi connectivity index (χ1n) is 6.95. The number of hydrogen-bond acceptors (Lipinski definition) is 5. The molecule has 0 aliphatic carbocycles. The van der Waals surface area contributed by atoms with E-state index >= 15 is 0 Å². The Balaban J connectivity index is 1.74. The molecule has 2 aliphatic heterocycles. The molecule has 5 nitrogen and oxygen atoms in total. The second-order valence-electron chi connectivity index (χ2n) is 5.25. The number of amides is 1. The number of aromatic nitrogens is 1. The van der Waals surface area contributed by atoms with Gasteiger partial charge in [-0.25, -0.2) is 0 Å². The first-order chi connectivity index (χ1) is 10.1. The van der Waals surface area contributed by atoms with Gasteiger partial charge >= 0.3 is 0 Å². The molecule has 3 rings (SSSR count). The largest absolute Gasteiger partial charge is 0.372 e. The van der Waals surface area contributed by atoms with Gasteiger partial charge in [0, 0.05) is 25.5 Å². The van der Waals surface area contributed by atoms with Gasteiger partial charge in [-0.3, -0.25) is 9.78 Å². The van der Waals surface area contributed by atoms with E-state index in [4.69, 9.17) is 4.74 Å². The third kappa shape index (κ3) is 3.33. The highest BCUT2D eigenvalue weighted by atomic mass is 32.2. The zero-order valence-corrected chi connectivity index (χ0v) is 12.8. The van der Waals surface area contributed by atoms with Crippen LogP contribution >= 0.6 is 11.8 Å². The van der Waals surface area contributed by atoms with E-state index < -0.39 is 0 Å². The van der Waals surface area contributed by atoms with Crippen LogP contribution in [0.1, 0.15) is 19.4 Å². The van der Waals surface area contributed by atoms with Gasteiger partial charge in [-0.2, -0.15) is 4.99 Å². The van der Waals surface area contributed by atoms with Crippen molar-refractivity contribution in [3.8, 4) is 0 Å². The zero-order valence-electron chi connectivity index (χ0n) is 12.0. The molecule has 0 spiro atoms. The van der Waals surface area contributed by atoms with E-state index in [-0.39, 0.29) is 18.1 Å². The number of ether oxygens (including phenoxy) is 1. The van der Waals surface area contributed by atoms with Crippen molar-refractivity contribution in [2.45, 2.75) is 26.1 Å². The highest BCUT2D eigenvalue weighted by molar-refractivity contribution is 8.18. The molecule has 0 N–H and O–H groups in total. The van der Waals surface area contributed by atoms with E-state index in [1.807, 2.05) is 32.1 Å². The highest BCUT2D eigenvalue weighted by Gasteiger charge is 2.30. The topological polar surface area (TPSA) is 54.8 Å². The number of nitrogens with zero attached hydrogens (tertiary/aromatic N) is 3. The van der Waals surface area contributed by atoms with Crippen LogP contribution in [0.5, 0.6) is 0 Å². The molecule has 1 fully saturated rings. The summed E-state index contributed by atoms with van der Waals surface area (Å²) in [5, 5.41) is 0.780. The first kappa shape index (κ1) is 14.3. The summed E-state index contributed by atoms with van der Waals surface area (Å²) in [6.07, 6.45) is 5.59. The van der Waals surface area contributed by atoms with Gasteiger partial charge in [0.1, 0.15) is 0 Å². The van der Waals surface area contributed by atoms with Crippen molar-refractivity contribution in [2.24, 2.45) is 4.99 Å². The number of rotatable bonds is 1. The van der Waals surface area contributed by atoms with Crippen molar-refractivity contribution in [2.75, 3.05) is 13.1 Å². The number of carbonyl (C=O) groups excluding carboxylic acids is 1. The molecule has 1 aromatic rings. The summed E-state index contributed by atoms with van der Waals surface area (Å²) >= 11 is 1.44. The average Bonchev–Trinajstić information content (AvgIpc) is 2.80.